The van der Waals surface area contributed by atoms with Gasteiger partial charge in [0.15, 0.2) is 5.60 Å². The average Bonchev–Trinajstić information content (AvgIpc) is 3.49. The summed E-state index contributed by atoms with van der Waals surface area (Å²) in [5.41, 5.74) is 0.328. The number of epoxide rings is 1. The van der Waals surface area contributed by atoms with Gasteiger partial charge in [-0.3, -0.25) is 0 Å². The monoisotopic (exact) mass is 386 g/mol. The number of methoxy groups -OCH3 is 1. The third kappa shape index (κ3) is 2.26. The molecule has 6 heteroatoms. The molecule has 28 heavy (non-hydrogen) atoms. The minimum Gasteiger partial charge on any atom is -0.465 e. The van der Waals surface area contributed by atoms with Crippen LogP contribution >= 0.6 is 0 Å². The van der Waals surface area contributed by atoms with Crippen molar-refractivity contribution in [2.75, 3.05) is 7.11 Å². The van der Waals surface area contributed by atoms with Crippen molar-refractivity contribution in [1.82, 2.24) is 0 Å². The van der Waals surface area contributed by atoms with Crippen LogP contribution in [0, 0.1) is 5.41 Å². The first-order valence-electron chi connectivity index (χ1n) is 9.87. The molecule has 1 aromatic rings. The number of esters is 1. The Morgan fingerprint density at radius 3 is 2.46 bits per heavy atom. The molecule has 1 unspecified atom stereocenters. The van der Waals surface area contributed by atoms with Gasteiger partial charge in [-0.2, -0.15) is 4.89 Å². The lowest BCUT2D eigenvalue weighted by atomic mass is 9.57. The Balaban J connectivity index is 1.41. The van der Waals surface area contributed by atoms with E-state index in [4.69, 9.17) is 24.0 Å². The highest BCUT2D eigenvalue weighted by Gasteiger charge is 2.73. The number of carbonyl (C=O) groups is 1. The first kappa shape index (κ1) is 18.3. The van der Waals surface area contributed by atoms with Crippen molar-refractivity contribution >= 4 is 5.97 Å². The van der Waals surface area contributed by atoms with Crippen LogP contribution in [0.2, 0.25) is 0 Å². The number of hydrogen-bond donors (Lipinski definition) is 0. The molecule has 0 amide bonds. The molecule has 0 N–H and O–H groups in total. The zero-order valence-electron chi connectivity index (χ0n) is 16.7. The van der Waals surface area contributed by atoms with E-state index in [1.807, 2.05) is 18.2 Å². The van der Waals surface area contributed by atoms with Gasteiger partial charge in [0.05, 0.1) is 12.7 Å². The van der Waals surface area contributed by atoms with Gasteiger partial charge in [-0.1, -0.05) is 26.0 Å². The molecule has 3 fully saturated rings. The number of ether oxygens (including phenoxy) is 3. The molecule has 1 spiro atoms. The fourth-order valence-corrected chi connectivity index (χ4v) is 5.31. The third-order valence-electron chi connectivity index (χ3n) is 7.03. The number of benzene rings is 1. The minimum atomic E-state index is -1.05. The number of fused-ring (bicyclic) bond motifs is 1. The first-order chi connectivity index (χ1) is 13.3. The summed E-state index contributed by atoms with van der Waals surface area (Å²) < 4.78 is 17.3. The Bertz CT molecular complexity index is 845. The highest BCUT2D eigenvalue weighted by atomic mass is 17.3. The van der Waals surface area contributed by atoms with Crippen LogP contribution in [0.25, 0.3) is 0 Å². The summed E-state index contributed by atoms with van der Waals surface area (Å²) in [7, 11) is 1.37. The van der Waals surface area contributed by atoms with Crippen molar-refractivity contribution in [3.63, 3.8) is 0 Å². The molecule has 5 atom stereocenters. The van der Waals surface area contributed by atoms with Crippen molar-refractivity contribution in [1.29, 1.82) is 0 Å². The SMILES string of the molecule is COC(=O)c1ccc([C@H]2O[C@@H]2[C@@]23C=C[C@]4(OO2)C(C)(C)CCCC4(C)O3)cc1. The van der Waals surface area contributed by atoms with Gasteiger partial charge in [-0.05, 0) is 56.0 Å². The molecule has 6 rings (SSSR count). The van der Waals surface area contributed by atoms with Crippen LogP contribution in [0.1, 0.15) is 62.1 Å². The smallest absolute Gasteiger partial charge is 0.337 e. The van der Waals surface area contributed by atoms with Gasteiger partial charge in [0.1, 0.15) is 17.8 Å². The second-order valence-electron chi connectivity index (χ2n) is 9.12. The lowest BCUT2D eigenvalue weighted by Crippen LogP contribution is -2.74. The topological polar surface area (TPSA) is 66.5 Å². The van der Waals surface area contributed by atoms with Crippen molar-refractivity contribution < 1.29 is 28.8 Å². The van der Waals surface area contributed by atoms with Gasteiger partial charge in [-0.15, -0.1) is 0 Å². The summed E-state index contributed by atoms with van der Waals surface area (Å²) in [6.45, 7) is 6.54. The van der Waals surface area contributed by atoms with Crippen LogP contribution in [0.3, 0.4) is 0 Å². The summed E-state index contributed by atoms with van der Waals surface area (Å²) in [4.78, 5) is 23.6. The Morgan fingerprint density at radius 2 is 1.82 bits per heavy atom. The second kappa shape index (κ2) is 5.66. The largest absolute Gasteiger partial charge is 0.465 e. The van der Waals surface area contributed by atoms with E-state index in [9.17, 15) is 4.79 Å². The summed E-state index contributed by atoms with van der Waals surface area (Å²) in [6.07, 6.45) is 6.69. The molecule has 150 valence electrons. The van der Waals surface area contributed by atoms with Crippen LogP contribution in [0.4, 0.5) is 0 Å². The zero-order chi connectivity index (χ0) is 19.8. The number of rotatable bonds is 3. The zero-order valence-corrected chi connectivity index (χ0v) is 16.7. The summed E-state index contributed by atoms with van der Waals surface area (Å²) in [5.74, 6) is -1.40. The molecule has 0 radical (unpaired) electrons. The molecule has 4 heterocycles. The summed E-state index contributed by atoms with van der Waals surface area (Å²) >= 11 is 0. The Kier molecular flexibility index (Phi) is 3.70. The first-order valence-corrected chi connectivity index (χ1v) is 9.87. The van der Waals surface area contributed by atoms with Crippen molar-refractivity contribution in [3.05, 3.63) is 47.5 Å². The van der Waals surface area contributed by atoms with E-state index < -0.39 is 17.0 Å². The van der Waals surface area contributed by atoms with E-state index in [1.54, 1.807) is 12.1 Å². The van der Waals surface area contributed by atoms with Gasteiger partial charge >= 0.3 is 5.97 Å². The van der Waals surface area contributed by atoms with Gasteiger partial charge in [-0.25, -0.2) is 9.68 Å². The van der Waals surface area contributed by atoms with Crippen molar-refractivity contribution in [3.8, 4) is 0 Å². The van der Waals surface area contributed by atoms with E-state index >= 15 is 0 Å². The predicted octanol–water partition coefficient (Wildman–Crippen LogP) is 3.87. The van der Waals surface area contributed by atoms with Gasteiger partial charge in [0.2, 0.25) is 0 Å². The van der Waals surface area contributed by atoms with E-state index in [2.05, 4.69) is 26.8 Å². The van der Waals surface area contributed by atoms with Crippen molar-refractivity contribution in [2.45, 2.75) is 69.2 Å². The fraction of sp³-hybridized carbons (Fsp3) is 0.591. The lowest BCUT2D eigenvalue weighted by Gasteiger charge is -2.64. The number of carbonyl (C=O) groups excluding carboxylic acids is 1. The van der Waals surface area contributed by atoms with Crippen LogP contribution in [0.15, 0.2) is 36.4 Å². The van der Waals surface area contributed by atoms with Crippen LogP contribution in [-0.4, -0.2) is 36.2 Å². The highest BCUT2D eigenvalue weighted by Crippen LogP contribution is 2.63. The second-order valence-corrected chi connectivity index (χ2v) is 9.12. The summed E-state index contributed by atoms with van der Waals surface area (Å²) in [6, 6.07) is 7.23. The normalized spacial score (nSPS) is 42.7. The standard InChI is InChI=1S/C22H26O6/c1-19(2)10-5-11-20(3)22(19)13-12-21(26-20,27-28-22)17-16(25-17)14-6-8-15(9-7-14)18(23)24-4/h6-9,12-13,16-17H,5,10-11H2,1-4H3/t16-,17+,20?,21-,22+/m1/s1. The van der Waals surface area contributed by atoms with E-state index in [0.717, 1.165) is 24.8 Å². The Hall–Kier alpha value is -1.73. The quantitative estimate of drug-likeness (QED) is 0.340. The molecule has 5 aliphatic rings. The predicted molar refractivity (Wildman–Crippen MR) is 99.3 cm³/mol. The molecule has 2 bridgehead atoms. The van der Waals surface area contributed by atoms with Crippen LogP contribution in [-0.2, 0) is 24.0 Å². The van der Waals surface area contributed by atoms with E-state index in [1.165, 1.54) is 7.11 Å². The molecule has 1 saturated carbocycles. The van der Waals surface area contributed by atoms with Crippen LogP contribution in [0.5, 0.6) is 0 Å². The number of hydrogen-bond acceptors (Lipinski definition) is 6. The van der Waals surface area contributed by atoms with Crippen LogP contribution < -0.4 is 0 Å². The maximum absolute atomic E-state index is 11.6. The molecule has 6 nitrogen and oxygen atoms in total. The molecule has 0 aromatic heterocycles. The van der Waals surface area contributed by atoms with Crippen molar-refractivity contribution in [2.24, 2.45) is 5.41 Å². The van der Waals surface area contributed by atoms with Gasteiger partial charge in [0.25, 0.3) is 5.79 Å². The Labute approximate surface area is 164 Å². The fourth-order valence-electron chi connectivity index (χ4n) is 5.31. The Morgan fingerprint density at radius 1 is 1.07 bits per heavy atom. The molecular weight excluding hydrogens is 360 g/mol. The molecular formula is C22H26O6. The minimum absolute atomic E-state index is 0.0867. The molecule has 1 aromatic carbocycles. The average molecular weight is 386 g/mol. The molecule has 1 aliphatic carbocycles. The molecule has 2 saturated heterocycles. The third-order valence-corrected chi connectivity index (χ3v) is 7.03. The molecule has 4 aliphatic heterocycles. The summed E-state index contributed by atoms with van der Waals surface area (Å²) in [5, 5.41) is 0. The lowest BCUT2D eigenvalue weighted by molar-refractivity contribution is -0.554. The van der Waals surface area contributed by atoms with E-state index in [-0.39, 0.29) is 23.6 Å². The van der Waals surface area contributed by atoms with Gasteiger partial charge in [0, 0.05) is 5.41 Å². The van der Waals surface area contributed by atoms with Gasteiger partial charge < -0.3 is 14.2 Å². The maximum Gasteiger partial charge on any atom is 0.337 e. The van der Waals surface area contributed by atoms with E-state index in [0.29, 0.717) is 5.56 Å². The highest BCUT2D eigenvalue weighted by molar-refractivity contribution is 5.89. The maximum atomic E-state index is 11.6.